The Kier molecular flexibility index (Phi) is 3.54. The third-order valence-electron chi connectivity index (χ3n) is 2.34. The molecule has 88 valence electrons. The average Bonchev–Trinajstić information content (AvgIpc) is 2.29. The van der Waals surface area contributed by atoms with Crippen LogP contribution in [0, 0.1) is 6.92 Å². The molecular weight excluding hydrogens is 302 g/mol. The summed E-state index contributed by atoms with van der Waals surface area (Å²) in [7, 11) is 0. The van der Waals surface area contributed by atoms with Gasteiger partial charge in [-0.1, -0.05) is 11.6 Å². The molecule has 2 rings (SSSR count). The molecule has 2 aromatic rings. The SMILES string of the molecule is Cc1cc(Br)c(Nc2ncccc2N)cc1Cl. The zero-order valence-corrected chi connectivity index (χ0v) is 11.5. The molecule has 3 nitrogen and oxygen atoms in total. The first-order valence-corrected chi connectivity index (χ1v) is 6.18. The van der Waals surface area contributed by atoms with E-state index in [1.165, 1.54) is 0 Å². The summed E-state index contributed by atoms with van der Waals surface area (Å²) in [5, 5.41) is 3.84. The largest absolute Gasteiger partial charge is 0.396 e. The fraction of sp³-hybridized carbons (Fsp3) is 0.0833. The average molecular weight is 313 g/mol. The number of hydrogen-bond acceptors (Lipinski definition) is 3. The van der Waals surface area contributed by atoms with Crippen molar-refractivity contribution in [2.75, 3.05) is 11.1 Å². The molecular formula is C12H11BrClN3. The number of halogens is 2. The number of nitrogens with one attached hydrogen (secondary N) is 1. The van der Waals surface area contributed by atoms with Crippen LogP contribution >= 0.6 is 27.5 Å². The maximum atomic E-state index is 6.08. The minimum atomic E-state index is 0.594. The van der Waals surface area contributed by atoms with E-state index >= 15 is 0 Å². The Morgan fingerprint density at radius 1 is 1.41 bits per heavy atom. The van der Waals surface area contributed by atoms with Crippen molar-refractivity contribution >= 4 is 44.7 Å². The summed E-state index contributed by atoms with van der Waals surface area (Å²) in [6, 6.07) is 7.37. The highest BCUT2D eigenvalue weighted by Crippen LogP contribution is 2.31. The number of anilines is 3. The zero-order valence-electron chi connectivity index (χ0n) is 9.17. The van der Waals surface area contributed by atoms with Crippen molar-refractivity contribution in [1.29, 1.82) is 0 Å². The Balaban J connectivity index is 2.37. The van der Waals surface area contributed by atoms with Crippen molar-refractivity contribution < 1.29 is 0 Å². The molecule has 0 saturated heterocycles. The summed E-state index contributed by atoms with van der Waals surface area (Å²) in [5.41, 5.74) is 8.26. The molecule has 1 heterocycles. The number of nitrogen functional groups attached to an aromatic ring is 1. The predicted molar refractivity (Wildman–Crippen MR) is 75.8 cm³/mol. The number of aryl methyl sites for hydroxylation is 1. The number of pyridine rings is 1. The van der Waals surface area contributed by atoms with Gasteiger partial charge in [0.15, 0.2) is 5.82 Å². The molecule has 0 atom stereocenters. The Hall–Kier alpha value is -1.26. The van der Waals surface area contributed by atoms with E-state index in [2.05, 4.69) is 26.2 Å². The molecule has 0 radical (unpaired) electrons. The topological polar surface area (TPSA) is 50.9 Å². The highest BCUT2D eigenvalue weighted by molar-refractivity contribution is 9.10. The summed E-state index contributed by atoms with van der Waals surface area (Å²) in [6.07, 6.45) is 1.68. The summed E-state index contributed by atoms with van der Waals surface area (Å²) >= 11 is 9.55. The molecule has 5 heteroatoms. The summed E-state index contributed by atoms with van der Waals surface area (Å²) in [6.45, 7) is 1.95. The van der Waals surface area contributed by atoms with Gasteiger partial charge in [0, 0.05) is 15.7 Å². The predicted octanol–water partition coefficient (Wildman–Crippen LogP) is 4.13. The van der Waals surface area contributed by atoms with Gasteiger partial charge in [-0.2, -0.15) is 0 Å². The van der Waals surface area contributed by atoms with E-state index in [4.69, 9.17) is 17.3 Å². The summed E-state index contributed by atoms with van der Waals surface area (Å²) in [5.74, 6) is 0.619. The third kappa shape index (κ3) is 2.70. The first-order valence-electron chi connectivity index (χ1n) is 5.01. The number of nitrogens with zero attached hydrogens (tertiary/aromatic N) is 1. The Bertz CT molecular complexity index is 557. The van der Waals surface area contributed by atoms with E-state index in [-0.39, 0.29) is 0 Å². The van der Waals surface area contributed by atoms with E-state index in [1.54, 1.807) is 18.3 Å². The van der Waals surface area contributed by atoms with Crippen molar-refractivity contribution in [1.82, 2.24) is 4.98 Å². The molecule has 1 aromatic carbocycles. The van der Waals surface area contributed by atoms with Gasteiger partial charge in [0.05, 0.1) is 11.4 Å². The number of hydrogen-bond donors (Lipinski definition) is 2. The third-order valence-corrected chi connectivity index (χ3v) is 3.40. The Labute approximate surface area is 113 Å². The van der Waals surface area contributed by atoms with Crippen LogP contribution in [0.1, 0.15) is 5.56 Å². The molecule has 0 fully saturated rings. The lowest BCUT2D eigenvalue weighted by molar-refractivity contribution is 1.30. The second-order valence-electron chi connectivity index (χ2n) is 3.65. The lowest BCUT2D eigenvalue weighted by atomic mass is 10.2. The van der Waals surface area contributed by atoms with Crippen LogP contribution in [0.4, 0.5) is 17.2 Å². The monoisotopic (exact) mass is 311 g/mol. The molecule has 17 heavy (non-hydrogen) atoms. The van der Waals surface area contributed by atoms with Crippen LogP contribution in [-0.2, 0) is 0 Å². The minimum Gasteiger partial charge on any atom is -0.396 e. The van der Waals surface area contributed by atoms with Gasteiger partial charge >= 0.3 is 0 Å². The van der Waals surface area contributed by atoms with Crippen LogP contribution in [0.25, 0.3) is 0 Å². The fourth-order valence-electron chi connectivity index (χ4n) is 1.39. The normalized spacial score (nSPS) is 10.3. The molecule has 0 amide bonds. The highest BCUT2D eigenvalue weighted by atomic mass is 79.9. The zero-order chi connectivity index (χ0) is 12.4. The van der Waals surface area contributed by atoms with Gasteiger partial charge in [0.25, 0.3) is 0 Å². The van der Waals surface area contributed by atoms with Gasteiger partial charge < -0.3 is 11.1 Å². The molecule has 0 aliphatic heterocycles. The van der Waals surface area contributed by atoms with E-state index < -0.39 is 0 Å². The smallest absolute Gasteiger partial charge is 0.153 e. The summed E-state index contributed by atoms with van der Waals surface area (Å²) < 4.78 is 0.921. The van der Waals surface area contributed by atoms with Gasteiger partial charge in [-0.25, -0.2) is 4.98 Å². The maximum absolute atomic E-state index is 6.08. The van der Waals surface area contributed by atoms with Crippen molar-refractivity contribution in [2.24, 2.45) is 0 Å². The minimum absolute atomic E-state index is 0.594. The van der Waals surface area contributed by atoms with Gasteiger partial charge in [-0.15, -0.1) is 0 Å². The fourth-order valence-corrected chi connectivity index (χ4v) is 2.11. The van der Waals surface area contributed by atoms with E-state index in [1.807, 2.05) is 19.1 Å². The second-order valence-corrected chi connectivity index (χ2v) is 4.91. The van der Waals surface area contributed by atoms with Crippen molar-refractivity contribution in [3.05, 3.63) is 45.5 Å². The van der Waals surface area contributed by atoms with E-state index in [0.717, 1.165) is 15.7 Å². The van der Waals surface area contributed by atoms with Crippen LogP contribution in [0.15, 0.2) is 34.9 Å². The Morgan fingerprint density at radius 2 is 2.18 bits per heavy atom. The van der Waals surface area contributed by atoms with Gasteiger partial charge in [-0.3, -0.25) is 0 Å². The van der Waals surface area contributed by atoms with Gasteiger partial charge in [0.1, 0.15) is 0 Å². The lowest BCUT2D eigenvalue weighted by Gasteiger charge is -2.11. The van der Waals surface area contributed by atoms with Crippen LogP contribution in [-0.4, -0.2) is 4.98 Å². The molecule has 0 spiro atoms. The van der Waals surface area contributed by atoms with Crippen LogP contribution in [0.5, 0.6) is 0 Å². The maximum Gasteiger partial charge on any atom is 0.153 e. The molecule has 0 bridgehead atoms. The molecule has 3 N–H and O–H groups in total. The van der Waals surface area contributed by atoms with E-state index in [0.29, 0.717) is 16.5 Å². The molecule has 0 saturated carbocycles. The molecule has 0 aliphatic rings. The van der Waals surface area contributed by atoms with Crippen LogP contribution in [0.2, 0.25) is 5.02 Å². The van der Waals surface area contributed by atoms with Crippen molar-refractivity contribution in [3.63, 3.8) is 0 Å². The van der Waals surface area contributed by atoms with Crippen molar-refractivity contribution in [3.8, 4) is 0 Å². The van der Waals surface area contributed by atoms with E-state index in [9.17, 15) is 0 Å². The molecule has 0 aliphatic carbocycles. The number of nitrogens with two attached hydrogens (primary N) is 1. The Morgan fingerprint density at radius 3 is 2.88 bits per heavy atom. The standard InChI is InChI=1S/C12H11BrClN3/c1-7-5-8(13)11(6-9(7)14)17-12-10(15)3-2-4-16-12/h2-6H,15H2,1H3,(H,16,17). The second kappa shape index (κ2) is 4.94. The number of rotatable bonds is 2. The van der Waals surface area contributed by atoms with Gasteiger partial charge in [-0.05, 0) is 52.7 Å². The first-order chi connectivity index (χ1) is 8.08. The number of benzene rings is 1. The molecule has 0 unspecified atom stereocenters. The lowest BCUT2D eigenvalue weighted by Crippen LogP contribution is -1.99. The highest BCUT2D eigenvalue weighted by Gasteiger charge is 2.06. The quantitative estimate of drug-likeness (QED) is 0.876. The summed E-state index contributed by atoms with van der Waals surface area (Å²) in [4.78, 5) is 4.17. The number of aromatic nitrogens is 1. The van der Waals surface area contributed by atoms with Crippen LogP contribution < -0.4 is 11.1 Å². The first kappa shape index (κ1) is 12.2. The van der Waals surface area contributed by atoms with Crippen LogP contribution in [0.3, 0.4) is 0 Å². The molecule has 1 aromatic heterocycles. The van der Waals surface area contributed by atoms with Crippen molar-refractivity contribution in [2.45, 2.75) is 6.92 Å². The van der Waals surface area contributed by atoms with Gasteiger partial charge in [0.2, 0.25) is 0 Å².